The fourth-order valence-corrected chi connectivity index (χ4v) is 14.7. The van der Waals surface area contributed by atoms with E-state index in [4.69, 9.17) is 33.2 Å². The number of carbonyl (C=O) groups excluding carboxylic acids is 9. The molecule has 5 aliphatic heterocycles. The molecule has 1 saturated carbocycles. The number of fused-ring (bicyclic) bond motifs is 9. The number of anilines is 4. The van der Waals surface area contributed by atoms with Gasteiger partial charge in [0.05, 0.1) is 107 Å². The average molecular weight is 1520 g/mol. The van der Waals surface area contributed by atoms with Crippen LogP contribution in [0.5, 0.6) is 34.5 Å². The molecule has 1 aromatic heterocycles. The first-order valence-corrected chi connectivity index (χ1v) is 37.1. The van der Waals surface area contributed by atoms with E-state index >= 15 is 0 Å². The summed E-state index contributed by atoms with van der Waals surface area (Å²) in [6, 6.07) is 30.5. The predicted molar refractivity (Wildman–Crippen MR) is 409 cm³/mol. The normalized spacial score (nSPS) is 17.4. The number of hydrogen-bond donors (Lipinski definition) is 7. The molecule has 30 nitrogen and oxygen atoms in total. The molecule has 6 aromatic carbocycles. The number of nitrogens with zero attached hydrogens (tertiary/aromatic N) is 7. The van der Waals surface area contributed by atoms with Crippen LogP contribution in [0.2, 0.25) is 0 Å². The van der Waals surface area contributed by atoms with E-state index in [-0.39, 0.29) is 97.2 Å². The number of ether oxygens (including phenoxy) is 7. The molecule has 111 heavy (non-hydrogen) atoms. The zero-order valence-electron chi connectivity index (χ0n) is 63.3. The monoisotopic (exact) mass is 1520 g/mol. The summed E-state index contributed by atoms with van der Waals surface area (Å²) in [5.41, 5.74) is 8.33. The first-order valence-electron chi connectivity index (χ1n) is 37.1. The lowest BCUT2D eigenvalue weighted by Gasteiger charge is -2.31. The second kappa shape index (κ2) is 32.9. The third kappa shape index (κ3) is 16.4. The van der Waals surface area contributed by atoms with E-state index in [1.54, 1.807) is 79.2 Å². The third-order valence-electron chi connectivity index (χ3n) is 20.9. The number of rotatable bonds is 27. The summed E-state index contributed by atoms with van der Waals surface area (Å²) in [4.78, 5) is 130. The summed E-state index contributed by atoms with van der Waals surface area (Å²) in [6.45, 7) is 8.89. The number of aliphatic hydroxyl groups excluding tert-OH is 1. The molecular weight excluding hydrogens is 1430 g/mol. The van der Waals surface area contributed by atoms with E-state index in [2.05, 4.69) is 42.2 Å². The molecule has 1 spiro atoms. The number of benzene rings is 6. The molecule has 1 aliphatic carbocycles. The van der Waals surface area contributed by atoms with Crippen LogP contribution in [0.3, 0.4) is 0 Å². The average Bonchev–Trinajstić information content (AvgIpc) is 1.53. The van der Waals surface area contributed by atoms with Crippen LogP contribution in [-0.4, -0.2) is 181 Å². The summed E-state index contributed by atoms with van der Waals surface area (Å²) in [6.07, 6.45) is 2.22. The largest absolute Gasteiger partial charge is 0.493 e. The van der Waals surface area contributed by atoms with Crippen LogP contribution in [0.4, 0.5) is 27.5 Å². The van der Waals surface area contributed by atoms with Crippen LogP contribution in [0, 0.1) is 11.3 Å². The van der Waals surface area contributed by atoms with Gasteiger partial charge in [0.2, 0.25) is 35.4 Å². The highest BCUT2D eigenvalue weighted by Crippen LogP contribution is 2.57. The highest BCUT2D eigenvalue weighted by atomic mass is 16.6. The Bertz CT molecular complexity index is 4800. The van der Waals surface area contributed by atoms with Gasteiger partial charge < -0.3 is 84.9 Å². The molecule has 2 fully saturated rings. The summed E-state index contributed by atoms with van der Waals surface area (Å²) in [5, 5.41) is 37.7. The first kappa shape index (κ1) is 77.0. The number of methoxy groups -OCH3 is 4. The van der Waals surface area contributed by atoms with Crippen molar-refractivity contribution in [1.82, 2.24) is 46.1 Å². The van der Waals surface area contributed by atoms with Crippen LogP contribution in [0.1, 0.15) is 123 Å². The first-order chi connectivity index (χ1) is 53.5. The molecule has 30 heteroatoms. The van der Waals surface area contributed by atoms with Gasteiger partial charge in [-0.15, -0.1) is 5.10 Å². The van der Waals surface area contributed by atoms with Gasteiger partial charge in [-0.1, -0.05) is 79.7 Å². The Hall–Kier alpha value is -12.2. The van der Waals surface area contributed by atoms with E-state index in [1.807, 2.05) is 91.5 Å². The summed E-state index contributed by atoms with van der Waals surface area (Å²) in [7, 11) is 6.10. The maximum Gasteiger partial charge on any atom is 0.416 e. The summed E-state index contributed by atoms with van der Waals surface area (Å²) < 4.78 is 42.8. The SMILES string of the molecule is COc1ccc(C2=CN3C(=O)c4cc(OC)c(OCCCOc5cc6c(cc5OC)C(=O)N5CC7(CC7)C[C@H]5C(O)N6C(=O)OCc5ccc(NC(=O)[C@H](C)NC(=O)[C@@H](NC(=O)CNC(=O)CNC(=O)CCC(=O)N6Cc7ccccc7-c7nnn(C(C)C)c7-c7ccccc76)C(C)C)cc5)cc4NC[C@@H]3C2)cc1OC. The van der Waals surface area contributed by atoms with Gasteiger partial charge in [0.1, 0.15) is 24.4 Å². The zero-order valence-corrected chi connectivity index (χ0v) is 63.3. The number of carbonyl (C=O) groups is 9. The van der Waals surface area contributed by atoms with Crippen LogP contribution in [0.25, 0.3) is 28.1 Å². The number of aliphatic hydroxyl groups is 1. The number of nitrogens with one attached hydrogen (secondary N) is 6. The summed E-state index contributed by atoms with van der Waals surface area (Å²) >= 11 is 0. The Morgan fingerprint density at radius 2 is 1.33 bits per heavy atom. The van der Waals surface area contributed by atoms with Crippen molar-refractivity contribution in [2.45, 2.75) is 129 Å². The second-order valence-corrected chi connectivity index (χ2v) is 29.1. The minimum atomic E-state index is -1.51. The minimum absolute atomic E-state index is 0.0301. The fraction of sp³-hybridized carbons (Fsp3) is 0.395. The van der Waals surface area contributed by atoms with Gasteiger partial charge in [-0.3, -0.25) is 38.4 Å². The lowest BCUT2D eigenvalue weighted by molar-refractivity contribution is -0.132. The third-order valence-corrected chi connectivity index (χ3v) is 20.9. The van der Waals surface area contributed by atoms with Gasteiger partial charge >= 0.3 is 6.09 Å². The molecule has 7 aromatic rings. The van der Waals surface area contributed by atoms with Gasteiger partial charge in [0.15, 0.2) is 40.7 Å². The van der Waals surface area contributed by atoms with E-state index < -0.39 is 79.0 Å². The van der Waals surface area contributed by atoms with Crippen molar-refractivity contribution in [2.24, 2.45) is 11.3 Å². The van der Waals surface area contributed by atoms with Gasteiger partial charge in [-0.25, -0.2) is 14.4 Å². The zero-order chi connectivity index (χ0) is 78.5. The van der Waals surface area contributed by atoms with Crippen molar-refractivity contribution >= 4 is 81.7 Å². The highest BCUT2D eigenvalue weighted by Gasteiger charge is 2.58. The predicted octanol–water partition coefficient (Wildman–Crippen LogP) is 8.37. The Balaban J connectivity index is 0.571. The standard InChI is InChI=1S/C81H91N13O17/c1-45(2)72(87-70(97)40-84-69(96)39-83-68(95)25-26-71(98)91-41-50-15-10-11-16-54(50)73-74(94(46(3)4)89-88-73)55-17-12-13-18-59(55)91)76(100)85-47(5)75(99)86-52-22-19-48(20-23-52)43-111-80(104)93-60-36-67(65(108-9)34-57(60)78(102)92-44-81(27-28-81)37-61(92)79(93)103)110-30-14-29-109-66-35-58-56(33-64(66)107-8)77(101)90-42-51(31-53(90)38-82-58)49-21-24-62(105-6)63(32-49)106-7/h10-13,15-24,32-36,42,45-47,53,61,72,79,82,103H,14,25-31,37-41,43-44H2,1-9H3,(H,83,95)(H,84,96)(H,85,100)(H,86,99)(H,87,97)/t47-,53-,61-,72-,79?/m0/s1. The molecule has 0 radical (unpaired) electrons. The lowest BCUT2D eigenvalue weighted by atomic mass is 9.95. The van der Waals surface area contributed by atoms with Crippen molar-refractivity contribution in [3.05, 3.63) is 149 Å². The number of para-hydroxylation sites is 1. The topological polar surface area (TPSA) is 354 Å². The van der Waals surface area contributed by atoms with Crippen molar-refractivity contribution in [3.8, 4) is 57.0 Å². The van der Waals surface area contributed by atoms with Crippen LogP contribution < -0.4 is 70.1 Å². The van der Waals surface area contributed by atoms with Crippen molar-refractivity contribution in [2.75, 3.05) is 88.3 Å². The molecular formula is C81H91N13O17. The minimum Gasteiger partial charge on any atom is -0.493 e. The quantitative estimate of drug-likeness (QED) is 0.0238. The molecule has 6 heterocycles. The lowest BCUT2D eigenvalue weighted by Crippen LogP contribution is -2.55. The Kier molecular flexibility index (Phi) is 22.8. The van der Waals surface area contributed by atoms with Crippen LogP contribution in [0.15, 0.2) is 121 Å². The Morgan fingerprint density at radius 1 is 0.667 bits per heavy atom. The van der Waals surface area contributed by atoms with Crippen molar-refractivity contribution in [3.63, 3.8) is 0 Å². The molecule has 7 N–H and O–H groups in total. The number of hydrogen-bond acceptors (Lipinski definition) is 20. The second-order valence-electron chi connectivity index (χ2n) is 29.1. The molecule has 9 amide bonds. The van der Waals surface area contributed by atoms with Gasteiger partial charge in [-0.05, 0) is 123 Å². The molecule has 6 aliphatic rings. The van der Waals surface area contributed by atoms with Gasteiger partial charge in [0.25, 0.3) is 11.8 Å². The molecule has 5 atom stereocenters. The van der Waals surface area contributed by atoms with Crippen molar-refractivity contribution in [1.29, 1.82) is 0 Å². The molecule has 582 valence electrons. The molecule has 1 saturated heterocycles. The van der Waals surface area contributed by atoms with E-state index in [1.165, 1.54) is 33.3 Å². The smallest absolute Gasteiger partial charge is 0.416 e. The maximum absolute atomic E-state index is 14.6. The fourth-order valence-electron chi connectivity index (χ4n) is 14.7. The maximum atomic E-state index is 14.6. The number of aromatic nitrogens is 3. The Morgan fingerprint density at radius 3 is 2.04 bits per heavy atom. The van der Waals surface area contributed by atoms with E-state index in [9.17, 15) is 48.3 Å². The van der Waals surface area contributed by atoms with Crippen LogP contribution in [-0.2, 0) is 46.7 Å². The molecule has 1 unspecified atom stereocenters. The number of amides is 9. The van der Waals surface area contributed by atoms with Gasteiger partial charge in [-0.2, -0.15) is 0 Å². The molecule has 0 bridgehead atoms. The van der Waals surface area contributed by atoms with E-state index in [0.717, 1.165) is 51.3 Å². The summed E-state index contributed by atoms with van der Waals surface area (Å²) in [5.74, 6) is -2.22. The van der Waals surface area contributed by atoms with E-state index in [0.29, 0.717) is 89.2 Å². The van der Waals surface area contributed by atoms with Gasteiger partial charge in [0, 0.05) is 73.5 Å². The molecule has 13 rings (SSSR count). The highest BCUT2D eigenvalue weighted by molar-refractivity contribution is 6.07. The van der Waals surface area contributed by atoms with Crippen LogP contribution >= 0.6 is 0 Å². The Labute approximate surface area is 641 Å². The van der Waals surface area contributed by atoms with Crippen molar-refractivity contribution < 1.29 is 81.4 Å².